The van der Waals surface area contributed by atoms with Crippen molar-refractivity contribution in [2.24, 2.45) is 0 Å². The molecule has 2 aromatic rings. The average Bonchev–Trinajstić information content (AvgIpc) is 2.38. The summed E-state index contributed by atoms with van der Waals surface area (Å²) in [5.74, 6) is -0.983. The van der Waals surface area contributed by atoms with Gasteiger partial charge >= 0.3 is 0 Å². The van der Waals surface area contributed by atoms with Gasteiger partial charge in [0.15, 0.2) is 0 Å². The van der Waals surface area contributed by atoms with E-state index in [4.69, 9.17) is 5.26 Å². The van der Waals surface area contributed by atoms with Gasteiger partial charge in [0.2, 0.25) is 0 Å². The van der Waals surface area contributed by atoms with Crippen LogP contribution < -0.4 is 0 Å². The fraction of sp³-hybridized carbons (Fsp3) is 0.0714. The van der Waals surface area contributed by atoms with Gasteiger partial charge in [-0.05, 0) is 42.0 Å². The van der Waals surface area contributed by atoms with Crippen molar-refractivity contribution in [2.45, 2.75) is 10.6 Å². The molecule has 1 atom stereocenters. The molecule has 2 rings (SSSR count). The lowest BCUT2D eigenvalue weighted by molar-refractivity contribution is 0.622. The van der Waals surface area contributed by atoms with Gasteiger partial charge in [0.25, 0.3) is 0 Å². The summed E-state index contributed by atoms with van der Waals surface area (Å²) in [4.78, 5) is 0.336. The fourth-order valence-electron chi connectivity index (χ4n) is 1.64. The van der Waals surface area contributed by atoms with Crippen molar-refractivity contribution in [3.05, 3.63) is 65.2 Å². The van der Waals surface area contributed by atoms with Crippen LogP contribution in [-0.4, -0.2) is 4.21 Å². The Hall–Kier alpha value is -2.06. The minimum absolute atomic E-state index is 0.0376. The molecular weight excluding hydrogens is 268 g/mol. The Morgan fingerprint density at radius 1 is 1.11 bits per heavy atom. The van der Waals surface area contributed by atoms with Gasteiger partial charge in [0, 0.05) is 4.90 Å². The molecule has 0 aliphatic heterocycles. The lowest BCUT2D eigenvalue weighted by atomic mass is 10.1. The van der Waals surface area contributed by atoms with E-state index in [-0.39, 0.29) is 11.3 Å². The van der Waals surface area contributed by atoms with Crippen LogP contribution in [0.3, 0.4) is 0 Å². The largest absolute Gasteiger partial charge is 0.254 e. The van der Waals surface area contributed by atoms with Gasteiger partial charge in [-0.2, -0.15) is 5.26 Å². The fourth-order valence-corrected chi connectivity index (χ4v) is 2.75. The van der Waals surface area contributed by atoms with Crippen LogP contribution in [0.15, 0.2) is 47.4 Å². The summed E-state index contributed by atoms with van der Waals surface area (Å²) in [7, 11) is -1.48. The van der Waals surface area contributed by atoms with Crippen molar-refractivity contribution < 1.29 is 13.0 Å². The highest BCUT2D eigenvalue weighted by molar-refractivity contribution is 7.84. The summed E-state index contributed by atoms with van der Waals surface area (Å²) in [6.45, 7) is 0. The maximum atomic E-state index is 13.2. The van der Waals surface area contributed by atoms with E-state index in [0.717, 1.165) is 6.07 Å². The van der Waals surface area contributed by atoms with E-state index < -0.39 is 22.4 Å². The third-order valence-corrected chi connectivity index (χ3v) is 3.82. The first-order chi connectivity index (χ1) is 9.08. The standard InChI is InChI=1S/C14H9F2NOS/c15-12-2-1-3-14(7-12)19(18)9-11-4-10(8-17)5-13(16)6-11/h1-7H,9H2. The van der Waals surface area contributed by atoms with E-state index in [1.807, 2.05) is 6.07 Å². The van der Waals surface area contributed by atoms with Gasteiger partial charge in [-0.25, -0.2) is 8.78 Å². The molecule has 2 nitrogen and oxygen atoms in total. The second-order valence-corrected chi connectivity index (χ2v) is 5.36. The Labute approximate surface area is 111 Å². The summed E-state index contributed by atoms with van der Waals surface area (Å²) in [5.41, 5.74) is 0.616. The highest BCUT2D eigenvalue weighted by atomic mass is 32.2. The molecule has 2 aromatic carbocycles. The maximum absolute atomic E-state index is 13.2. The number of hydrogen-bond donors (Lipinski definition) is 0. The molecule has 0 amide bonds. The van der Waals surface area contributed by atoms with E-state index in [0.29, 0.717) is 10.5 Å². The Balaban J connectivity index is 2.24. The molecule has 96 valence electrons. The first-order valence-electron chi connectivity index (χ1n) is 5.42. The topological polar surface area (TPSA) is 40.9 Å². The van der Waals surface area contributed by atoms with E-state index in [2.05, 4.69) is 0 Å². The normalized spacial score (nSPS) is 11.8. The van der Waals surface area contributed by atoms with Crippen LogP contribution in [0.2, 0.25) is 0 Å². The van der Waals surface area contributed by atoms with Gasteiger partial charge in [0.05, 0.1) is 28.2 Å². The average molecular weight is 277 g/mol. The molecular formula is C14H9F2NOS. The van der Waals surface area contributed by atoms with Gasteiger partial charge < -0.3 is 0 Å². The van der Waals surface area contributed by atoms with Crippen molar-refractivity contribution in [3.63, 3.8) is 0 Å². The molecule has 0 aliphatic rings. The van der Waals surface area contributed by atoms with E-state index >= 15 is 0 Å². The van der Waals surface area contributed by atoms with Crippen molar-refractivity contribution in [1.29, 1.82) is 5.26 Å². The molecule has 0 radical (unpaired) electrons. The van der Waals surface area contributed by atoms with Crippen molar-refractivity contribution in [1.82, 2.24) is 0 Å². The van der Waals surface area contributed by atoms with Crippen molar-refractivity contribution in [3.8, 4) is 6.07 Å². The smallest absolute Gasteiger partial charge is 0.124 e. The molecule has 0 saturated heterocycles. The Morgan fingerprint density at radius 2 is 1.89 bits per heavy atom. The minimum Gasteiger partial charge on any atom is -0.254 e. The molecule has 19 heavy (non-hydrogen) atoms. The summed E-state index contributed by atoms with van der Waals surface area (Å²) >= 11 is 0. The number of rotatable bonds is 3. The van der Waals surface area contributed by atoms with Gasteiger partial charge in [-0.3, -0.25) is 4.21 Å². The van der Waals surface area contributed by atoms with Gasteiger partial charge in [-0.1, -0.05) is 6.07 Å². The third kappa shape index (κ3) is 3.46. The zero-order valence-electron chi connectivity index (χ0n) is 9.77. The molecule has 0 spiro atoms. The molecule has 1 unspecified atom stereocenters. The summed E-state index contributed by atoms with van der Waals surface area (Å²) in [5, 5.41) is 8.73. The monoisotopic (exact) mass is 277 g/mol. The van der Waals surface area contributed by atoms with Crippen molar-refractivity contribution >= 4 is 10.8 Å². The van der Waals surface area contributed by atoms with Crippen LogP contribution >= 0.6 is 0 Å². The van der Waals surface area contributed by atoms with Crippen LogP contribution in [0.5, 0.6) is 0 Å². The molecule has 0 aliphatic carbocycles. The lowest BCUT2D eigenvalue weighted by Gasteiger charge is -2.04. The van der Waals surface area contributed by atoms with E-state index in [1.54, 1.807) is 6.07 Å². The van der Waals surface area contributed by atoms with Crippen LogP contribution in [-0.2, 0) is 16.6 Å². The van der Waals surface area contributed by atoms with E-state index in [9.17, 15) is 13.0 Å². The predicted octanol–water partition coefficient (Wildman–Crippen LogP) is 3.14. The molecule has 0 N–H and O–H groups in total. The number of nitriles is 1. The minimum atomic E-state index is -1.48. The van der Waals surface area contributed by atoms with E-state index in [1.165, 1.54) is 30.3 Å². The number of benzene rings is 2. The van der Waals surface area contributed by atoms with Crippen LogP contribution in [0.4, 0.5) is 8.78 Å². The summed E-state index contributed by atoms with van der Waals surface area (Å²) < 4.78 is 38.2. The first kappa shape index (κ1) is 13.4. The number of halogens is 2. The highest BCUT2D eigenvalue weighted by Crippen LogP contribution is 2.16. The highest BCUT2D eigenvalue weighted by Gasteiger charge is 2.08. The maximum Gasteiger partial charge on any atom is 0.124 e. The molecule has 0 saturated carbocycles. The second-order valence-electron chi connectivity index (χ2n) is 3.91. The van der Waals surface area contributed by atoms with Crippen LogP contribution in [0.25, 0.3) is 0 Å². The zero-order valence-corrected chi connectivity index (χ0v) is 10.6. The summed E-state index contributed by atoms with van der Waals surface area (Å²) in [6.07, 6.45) is 0. The summed E-state index contributed by atoms with van der Waals surface area (Å²) in [6, 6.07) is 11.1. The van der Waals surface area contributed by atoms with Crippen LogP contribution in [0, 0.1) is 23.0 Å². The Morgan fingerprint density at radius 3 is 2.58 bits per heavy atom. The molecule has 0 heterocycles. The molecule has 0 aromatic heterocycles. The Kier molecular flexibility index (Phi) is 4.03. The number of hydrogen-bond acceptors (Lipinski definition) is 2. The zero-order chi connectivity index (χ0) is 13.8. The lowest BCUT2D eigenvalue weighted by Crippen LogP contribution is -1.98. The van der Waals surface area contributed by atoms with Gasteiger partial charge in [0.1, 0.15) is 11.6 Å². The number of nitrogens with zero attached hydrogens (tertiary/aromatic N) is 1. The molecule has 0 bridgehead atoms. The quantitative estimate of drug-likeness (QED) is 0.864. The van der Waals surface area contributed by atoms with Crippen LogP contribution in [0.1, 0.15) is 11.1 Å². The molecule has 0 fully saturated rings. The first-order valence-corrected chi connectivity index (χ1v) is 6.74. The van der Waals surface area contributed by atoms with Gasteiger partial charge in [-0.15, -0.1) is 0 Å². The third-order valence-electron chi connectivity index (χ3n) is 2.44. The predicted molar refractivity (Wildman–Crippen MR) is 67.6 cm³/mol. The second kappa shape index (κ2) is 5.72. The van der Waals surface area contributed by atoms with Crippen molar-refractivity contribution in [2.75, 3.05) is 0 Å². The molecule has 5 heteroatoms. The Bertz CT molecular complexity index is 679. The SMILES string of the molecule is N#Cc1cc(F)cc(CS(=O)c2cccc(F)c2)c1.